The minimum Gasteiger partial charge on any atom is -0.394 e. The lowest BCUT2D eigenvalue weighted by molar-refractivity contribution is 0.0603. The van der Waals surface area contributed by atoms with Crippen molar-refractivity contribution in [1.29, 1.82) is 5.26 Å². The average molecular weight is 568 g/mol. The second-order valence-electron chi connectivity index (χ2n) is 10.3. The maximum absolute atomic E-state index is 15.4. The lowest BCUT2D eigenvalue weighted by Crippen LogP contribution is -2.25. The van der Waals surface area contributed by atoms with Gasteiger partial charge in [0.15, 0.2) is 0 Å². The van der Waals surface area contributed by atoms with E-state index in [9.17, 15) is 10.1 Å². The van der Waals surface area contributed by atoms with E-state index in [-0.39, 0.29) is 5.82 Å². The highest BCUT2D eigenvalue weighted by molar-refractivity contribution is 5.82. The number of halogens is 1. The van der Waals surface area contributed by atoms with Crippen LogP contribution in [0.15, 0.2) is 72.9 Å². The molecule has 4 rings (SSSR count). The quantitative estimate of drug-likeness (QED) is 0.128. The number of allylic oxidation sites excluding steroid dienone is 3. The van der Waals surface area contributed by atoms with Gasteiger partial charge in [0.05, 0.1) is 24.9 Å². The molecule has 3 aromatic carbocycles. The Bertz CT molecular complexity index is 1490. The molecule has 0 radical (unpaired) electrons. The van der Waals surface area contributed by atoms with Gasteiger partial charge in [-0.2, -0.15) is 5.26 Å². The molecule has 8 heteroatoms. The van der Waals surface area contributed by atoms with Crippen molar-refractivity contribution in [2.45, 2.75) is 26.3 Å². The number of anilines is 1. The fourth-order valence-corrected chi connectivity index (χ4v) is 5.27. The molecular formula is C34H38FN5O2. The number of aldehydes is 1. The van der Waals surface area contributed by atoms with Crippen LogP contribution in [0.3, 0.4) is 0 Å². The molecule has 42 heavy (non-hydrogen) atoms. The highest BCUT2D eigenvalue weighted by Crippen LogP contribution is 2.28. The number of nitrogens with one attached hydrogen (secondary N) is 2. The number of benzene rings is 3. The van der Waals surface area contributed by atoms with Crippen LogP contribution < -0.4 is 15.7 Å². The Morgan fingerprint density at radius 1 is 1.12 bits per heavy atom. The molecule has 3 aromatic rings. The lowest BCUT2D eigenvalue weighted by Gasteiger charge is -2.21. The van der Waals surface area contributed by atoms with Gasteiger partial charge in [-0.25, -0.2) is 9.87 Å². The normalized spacial score (nSPS) is 14.0. The van der Waals surface area contributed by atoms with Crippen LogP contribution in [-0.2, 0) is 24.2 Å². The third kappa shape index (κ3) is 7.71. The summed E-state index contributed by atoms with van der Waals surface area (Å²) in [6, 6.07) is 19.3. The van der Waals surface area contributed by atoms with Crippen LogP contribution in [0.4, 0.5) is 10.1 Å². The molecule has 0 aromatic heterocycles. The van der Waals surface area contributed by atoms with Crippen molar-refractivity contribution in [1.82, 2.24) is 15.7 Å². The molecule has 0 spiro atoms. The van der Waals surface area contributed by atoms with Crippen LogP contribution in [0.5, 0.6) is 0 Å². The molecule has 0 aliphatic carbocycles. The second-order valence-corrected chi connectivity index (χ2v) is 10.3. The first-order valence-corrected chi connectivity index (χ1v) is 14.1. The van der Waals surface area contributed by atoms with Crippen molar-refractivity contribution >= 4 is 17.5 Å². The summed E-state index contributed by atoms with van der Waals surface area (Å²) >= 11 is 0. The lowest BCUT2D eigenvalue weighted by atomic mass is 9.91. The predicted octanol–water partition coefficient (Wildman–Crippen LogP) is 5.15. The summed E-state index contributed by atoms with van der Waals surface area (Å²) in [5, 5.41) is 12.5. The molecule has 2 N–H and O–H groups in total. The summed E-state index contributed by atoms with van der Waals surface area (Å²) in [4.78, 5) is 21.3. The molecule has 0 saturated carbocycles. The van der Waals surface area contributed by atoms with E-state index in [1.165, 1.54) is 0 Å². The average Bonchev–Trinajstić information content (AvgIpc) is 3.46. The molecule has 0 unspecified atom stereocenters. The third-order valence-electron chi connectivity index (χ3n) is 7.56. The van der Waals surface area contributed by atoms with Crippen molar-refractivity contribution in [3.8, 4) is 6.07 Å². The maximum Gasteiger partial charge on any atom is 0.150 e. The van der Waals surface area contributed by atoms with Gasteiger partial charge in [0.2, 0.25) is 0 Å². The molecule has 0 bridgehead atoms. The number of carbonyl (C=O) groups excluding carboxylic acids is 1. The van der Waals surface area contributed by atoms with Crippen LogP contribution in [0.1, 0.15) is 43.7 Å². The Balaban J connectivity index is 1.45. The first-order chi connectivity index (χ1) is 20.5. The molecular weight excluding hydrogens is 529 g/mol. The first-order valence-electron chi connectivity index (χ1n) is 14.1. The zero-order valence-electron chi connectivity index (χ0n) is 24.5. The summed E-state index contributed by atoms with van der Waals surface area (Å²) in [6.07, 6.45) is 7.57. The molecule has 1 saturated heterocycles. The van der Waals surface area contributed by atoms with E-state index in [0.29, 0.717) is 42.7 Å². The van der Waals surface area contributed by atoms with Crippen LogP contribution in [0.2, 0.25) is 0 Å². The molecule has 0 amide bonds. The Labute approximate surface area is 247 Å². The monoisotopic (exact) mass is 567 g/mol. The fourth-order valence-electron chi connectivity index (χ4n) is 5.27. The smallest absolute Gasteiger partial charge is 0.150 e. The van der Waals surface area contributed by atoms with Crippen LogP contribution >= 0.6 is 0 Å². The summed E-state index contributed by atoms with van der Waals surface area (Å²) in [7, 11) is 3.54. The molecule has 0 atom stereocenters. The van der Waals surface area contributed by atoms with Gasteiger partial charge in [0.25, 0.3) is 0 Å². The molecule has 7 nitrogen and oxygen atoms in total. The fraction of sp³-hybridized carbons (Fsp3) is 0.294. The molecule has 1 aliphatic rings. The molecule has 1 heterocycles. The van der Waals surface area contributed by atoms with Crippen molar-refractivity contribution in [2.24, 2.45) is 0 Å². The minimum absolute atomic E-state index is 0.239. The molecule has 1 fully saturated rings. The number of hydrogen-bond donors (Lipinski definition) is 2. The third-order valence-corrected chi connectivity index (χ3v) is 7.56. The number of hydroxylamine groups is 1. The van der Waals surface area contributed by atoms with E-state index in [2.05, 4.69) is 32.7 Å². The standard InChI is InChI=1S/C34H38FN5O2/c1-25-31(23-41)6-4-8-33(25)28(7-5-14-37-2)19-29-10-9-26(18-34(29)35)22-39-15-16-40(24-39)32-12-11-30(21-36)27(20-32)13-17-42-38-3/h4-12,14,18,20,23,37-38H,13,15-17,19,22,24H2,1-3H3/b14-5?,28-7-. The van der Waals surface area contributed by atoms with Crippen LogP contribution in [0, 0.1) is 24.1 Å². The van der Waals surface area contributed by atoms with Gasteiger partial charge in [-0.15, -0.1) is 0 Å². The van der Waals surface area contributed by atoms with Gasteiger partial charge in [-0.1, -0.05) is 36.4 Å². The predicted molar refractivity (Wildman–Crippen MR) is 165 cm³/mol. The van der Waals surface area contributed by atoms with E-state index in [1.807, 2.05) is 68.7 Å². The number of hydrogen-bond acceptors (Lipinski definition) is 7. The number of nitriles is 1. The maximum atomic E-state index is 15.4. The van der Waals surface area contributed by atoms with E-state index >= 15 is 4.39 Å². The number of carbonyl (C=O) groups is 1. The van der Waals surface area contributed by atoms with E-state index in [1.54, 1.807) is 19.2 Å². The summed E-state index contributed by atoms with van der Waals surface area (Å²) in [6.45, 7) is 5.48. The number of nitrogens with zero attached hydrogens (tertiary/aromatic N) is 3. The zero-order chi connectivity index (χ0) is 29.9. The highest BCUT2D eigenvalue weighted by Gasteiger charge is 2.22. The Morgan fingerprint density at radius 3 is 2.71 bits per heavy atom. The Morgan fingerprint density at radius 2 is 1.98 bits per heavy atom. The zero-order valence-corrected chi connectivity index (χ0v) is 24.5. The topological polar surface area (TPSA) is 80.6 Å². The molecule has 218 valence electrons. The Kier molecular flexibility index (Phi) is 11.0. The van der Waals surface area contributed by atoms with Gasteiger partial charge < -0.3 is 15.1 Å². The number of rotatable bonds is 13. The van der Waals surface area contributed by atoms with Gasteiger partial charge in [-0.3, -0.25) is 9.69 Å². The van der Waals surface area contributed by atoms with Crippen LogP contribution in [-0.4, -0.2) is 51.6 Å². The van der Waals surface area contributed by atoms with E-state index < -0.39 is 0 Å². The van der Waals surface area contributed by atoms with E-state index in [4.69, 9.17) is 4.84 Å². The summed E-state index contributed by atoms with van der Waals surface area (Å²) in [5.74, 6) is -0.239. The minimum atomic E-state index is -0.239. The van der Waals surface area contributed by atoms with Gasteiger partial charge >= 0.3 is 0 Å². The SMILES string of the molecule is CNC=C/C=C(/Cc1ccc(CN2CCN(c3ccc(C#N)c(CCONC)c3)C2)cc1F)c1cccc(C=O)c1C. The van der Waals surface area contributed by atoms with Crippen molar-refractivity contribution in [2.75, 3.05) is 45.4 Å². The summed E-state index contributed by atoms with van der Waals surface area (Å²) in [5.41, 5.74) is 10.3. The van der Waals surface area contributed by atoms with Crippen LogP contribution in [0.25, 0.3) is 5.57 Å². The van der Waals surface area contributed by atoms with Crippen molar-refractivity contribution in [3.05, 3.63) is 118 Å². The first kappa shape index (κ1) is 30.7. The molecule has 1 aliphatic heterocycles. The second kappa shape index (κ2) is 15.1. The Hall–Kier alpha value is -4.29. The van der Waals surface area contributed by atoms with Gasteiger partial charge in [0, 0.05) is 51.4 Å². The van der Waals surface area contributed by atoms with Crippen molar-refractivity contribution in [3.63, 3.8) is 0 Å². The van der Waals surface area contributed by atoms with Gasteiger partial charge in [-0.05, 0) is 83.3 Å². The highest BCUT2D eigenvalue weighted by atomic mass is 19.1. The van der Waals surface area contributed by atoms with Gasteiger partial charge in [0.1, 0.15) is 12.1 Å². The van der Waals surface area contributed by atoms with E-state index in [0.717, 1.165) is 59.6 Å². The largest absolute Gasteiger partial charge is 0.394 e. The van der Waals surface area contributed by atoms with Crippen molar-refractivity contribution < 1.29 is 14.0 Å². The summed E-state index contributed by atoms with van der Waals surface area (Å²) < 4.78 is 15.4.